The summed E-state index contributed by atoms with van der Waals surface area (Å²) in [6, 6.07) is 11.8. The summed E-state index contributed by atoms with van der Waals surface area (Å²) < 4.78 is 20.4. The van der Waals surface area contributed by atoms with Crippen LogP contribution in [0, 0.1) is 22.9 Å². The second-order valence-electron chi connectivity index (χ2n) is 7.52. The Morgan fingerprint density at radius 3 is 2.58 bits per heavy atom. The zero-order valence-corrected chi connectivity index (χ0v) is 19.6. The first kappa shape index (κ1) is 23.0. The van der Waals surface area contributed by atoms with Crippen LogP contribution in [0.5, 0.6) is 5.88 Å². The molecule has 4 heterocycles. The van der Waals surface area contributed by atoms with Crippen LogP contribution in [0.3, 0.4) is 0 Å². The number of nitrogens with zero attached hydrogens (tertiary/aromatic N) is 6. The van der Waals surface area contributed by atoms with Crippen molar-refractivity contribution in [3.63, 3.8) is 0 Å². The van der Waals surface area contributed by atoms with E-state index in [0.717, 1.165) is 17.0 Å². The van der Waals surface area contributed by atoms with Gasteiger partial charge in [-0.05, 0) is 49.4 Å². The zero-order chi connectivity index (χ0) is 25.4. The number of aryl methyl sites for hydroxylation is 1. The molecule has 5 aromatic rings. The molecule has 0 radical (unpaired) electrons. The highest BCUT2D eigenvalue weighted by Crippen LogP contribution is 2.32. The van der Waals surface area contributed by atoms with E-state index < -0.39 is 16.6 Å². The average molecular weight is 505 g/mol. The fraction of sp³-hybridized carbons (Fsp3) is 0.0870. The lowest BCUT2D eigenvalue weighted by Crippen LogP contribution is -2.13. The van der Waals surface area contributed by atoms with Crippen LogP contribution in [0.15, 0.2) is 54.7 Å². The number of carbonyl (C=O) groups excluding carboxylic acids is 1. The molecule has 1 N–H and O–H groups in total. The molecule has 0 aliphatic carbocycles. The van der Waals surface area contributed by atoms with Crippen LogP contribution in [0.4, 0.5) is 15.2 Å². The number of benzene rings is 1. The van der Waals surface area contributed by atoms with E-state index in [2.05, 4.69) is 25.4 Å². The van der Waals surface area contributed by atoms with Gasteiger partial charge in [-0.1, -0.05) is 11.3 Å². The number of hydrogen-bond acceptors (Lipinski definition) is 9. The molecule has 0 saturated heterocycles. The van der Waals surface area contributed by atoms with Gasteiger partial charge < -0.3 is 10.1 Å². The van der Waals surface area contributed by atoms with E-state index in [4.69, 9.17) is 4.74 Å². The monoisotopic (exact) mass is 505 g/mol. The SMILES string of the molecule is COc1nc(C)ccc1-c1nc(NC(=O)c2ccc([N+](=O)[O-])s2)c2cnn(-c3ccc(F)cc3)c2n1. The Hall–Kier alpha value is -4.78. The molecule has 0 aliphatic rings. The lowest BCUT2D eigenvalue weighted by atomic mass is 10.2. The number of halogens is 1. The van der Waals surface area contributed by atoms with Crippen LogP contribution in [0.25, 0.3) is 28.1 Å². The van der Waals surface area contributed by atoms with E-state index in [0.29, 0.717) is 22.3 Å². The third-order valence-electron chi connectivity index (χ3n) is 5.16. The molecule has 0 spiro atoms. The zero-order valence-electron chi connectivity index (χ0n) is 18.8. The maximum atomic E-state index is 13.5. The first-order chi connectivity index (χ1) is 17.3. The van der Waals surface area contributed by atoms with Gasteiger partial charge in [-0.2, -0.15) is 5.10 Å². The molecule has 0 bridgehead atoms. The summed E-state index contributed by atoms with van der Waals surface area (Å²) in [7, 11) is 1.47. The van der Waals surface area contributed by atoms with Crippen LogP contribution < -0.4 is 10.1 Å². The minimum absolute atomic E-state index is 0.132. The Morgan fingerprint density at radius 2 is 1.89 bits per heavy atom. The van der Waals surface area contributed by atoms with Gasteiger partial charge in [0.2, 0.25) is 5.88 Å². The number of methoxy groups -OCH3 is 1. The number of amides is 1. The van der Waals surface area contributed by atoms with Crippen molar-refractivity contribution in [1.82, 2.24) is 24.7 Å². The van der Waals surface area contributed by atoms with Crippen LogP contribution in [0.1, 0.15) is 15.4 Å². The topological polar surface area (TPSA) is 138 Å². The molecule has 180 valence electrons. The smallest absolute Gasteiger partial charge is 0.324 e. The minimum Gasteiger partial charge on any atom is -0.480 e. The Labute approximate surface area is 206 Å². The van der Waals surface area contributed by atoms with Crippen LogP contribution in [0.2, 0.25) is 0 Å². The number of aromatic nitrogens is 5. The Kier molecular flexibility index (Phi) is 5.82. The Morgan fingerprint density at radius 1 is 1.11 bits per heavy atom. The van der Waals surface area contributed by atoms with Crippen molar-refractivity contribution in [1.29, 1.82) is 0 Å². The number of nitro groups is 1. The third-order valence-corrected chi connectivity index (χ3v) is 6.20. The van der Waals surface area contributed by atoms with Crippen molar-refractivity contribution in [2.45, 2.75) is 6.92 Å². The van der Waals surface area contributed by atoms with Crippen molar-refractivity contribution < 1.29 is 18.8 Å². The molecule has 13 heteroatoms. The fourth-order valence-electron chi connectivity index (χ4n) is 3.47. The van der Waals surface area contributed by atoms with Crippen LogP contribution in [-0.2, 0) is 0 Å². The van der Waals surface area contributed by atoms with Crippen molar-refractivity contribution in [3.8, 4) is 23.0 Å². The molecule has 1 aromatic carbocycles. The van der Waals surface area contributed by atoms with E-state index in [1.807, 2.05) is 6.92 Å². The molecule has 0 atom stereocenters. The van der Waals surface area contributed by atoms with Gasteiger partial charge in [-0.25, -0.2) is 24.0 Å². The van der Waals surface area contributed by atoms with Gasteiger partial charge in [-0.3, -0.25) is 14.9 Å². The molecular formula is C23H16FN7O4S. The van der Waals surface area contributed by atoms with E-state index >= 15 is 0 Å². The average Bonchev–Trinajstić information content (AvgIpc) is 3.53. The van der Waals surface area contributed by atoms with Gasteiger partial charge >= 0.3 is 5.00 Å². The van der Waals surface area contributed by atoms with Gasteiger partial charge in [0.1, 0.15) is 11.6 Å². The van der Waals surface area contributed by atoms with E-state index in [1.54, 1.807) is 24.3 Å². The first-order valence-corrected chi connectivity index (χ1v) is 11.2. The normalized spacial score (nSPS) is 11.0. The Balaban J connectivity index is 1.67. The van der Waals surface area contributed by atoms with Gasteiger partial charge in [0, 0.05) is 11.8 Å². The minimum atomic E-state index is -0.581. The number of fused-ring (bicyclic) bond motifs is 1. The quantitative estimate of drug-likeness (QED) is 0.262. The summed E-state index contributed by atoms with van der Waals surface area (Å²) in [6.07, 6.45) is 1.47. The lowest BCUT2D eigenvalue weighted by Gasteiger charge is -2.11. The molecule has 0 aliphatic heterocycles. The molecule has 0 fully saturated rings. The third kappa shape index (κ3) is 4.22. The molecule has 1 amide bonds. The highest BCUT2D eigenvalue weighted by atomic mass is 32.1. The Bertz CT molecular complexity index is 1630. The van der Waals surface area contributed by atoms with Gasteiger partial charge in [0.05, 0.1) is 39.7 Å². The maximum absolute atomic E-state index is 13.5. The van der Waals surface area contributed by atoms with E-state index in [9.17, 15) is 19.3 Å². The second-order valence-corrected chi connectivity index (χ2v) is 8.59. The summed E-state index contributed by atoms with van der Waals surface area (Å²) in [5.74, 6) is -0.370. The highest BCUT2D eigenvalue weighted by molar-refractivity contribution is 7.17. The number of pyridine rings is 1. The van der Waals surface area contributed by atoms with Crippen molar-refractivity contribution in [2.75, 3.05) is 12.4 Å². The van der Waals surface area contributed by atoms with Gasteiger partial charge in [0.15, 0.2) is 11.5 Å². The number of anilines is 1. The van der Waals surface area contributed by atoms with Gasteiger partial charge in [0.25, 0.3) is 5.91 Å². The standard InChI is InChI=1S/C23H16FN7O4S/c1-12-3-8-15(23(26-12)35-2)19-27-20(29-22(32)17-9-10-18(36-17)31(33)34)16-11-25-30(21(16)28-19)14-6-4-13(24)5-7-14/h3-11H,1-2H3,(H,27,28,29,32). The van der Waals surface area contributed by atoms with E-state index in [-0.39, 0.29) is 27.4 Å². The number of rotatable bonds is 6. The molecule has 0 saturated carbocycles. The molecule has 0 unspecified atom stereocenters. The molecular weight excluding hydrogens is 489 g/mol. The summed E-state index contributed by atoms with van der Waals surface area (Å²) in [5.41, 5.74) is 2.07. The van der Waals surface area contributed by atoms with Crippen molar-refractivity contribution in [3.05, 3.63) is 81.2 Å². The number of thiophene rings is 1. The van der Waals surface area contributed by atoms with Crippen LogP contribution >= 0.6 is 11.3 Å². The van der Waals surface area contributed by atoms with Crippen molar-refractivity contribution >= 4 is 39.1 Å². The number of ether oxygens (including phenoxy) is 1. The largest absolute Gasteiger partial charge is 0.480 e. The molecule has 4 aromatic heterocycles. The van der Waals surface area contributed by atoms with E-state index in [1.165, 1.54) is 42.3 Å². The summed E-state index contributed by atoms with van der Waals surface area (Å²) >= 11 is 0.745. The summed E-state index contributed by atoms with van der Waals surface area (Å²) in [6.45, 7) is 1.81. The predicted octanol–water partition coefficient (Wildman–Crippen LogP) is 4.56. The molecule has 36 heavy (non-hydrogen) atoms. The number of carbonyl (C=O) groups is 1. The molecule has 5 rings (SSSR count). The van der Waals surface area contributed by atoms with Gasteiger partial charge in [-0.15, -0.1) is 0 Å². The van der Waals surface area contributed by atoms with Crippen molar-refractivity contribution in [2.24, 2.45) is 0 Å². The number of nitrogens with one attached hydrogen (secondary N) is 1. The fourth-order valence-corrected chi connectivity index (χ4v) is 4.19. The van der Waals surface area contributed by atoms with Crippen LogP contribution in [-0.4, -0.2) is 42.7 Å². The first-order valence-electron chi connectivity index (χ1n) is 10.4. The number of hydrogen-bond donors (Lipinski definition) is 1. The molecule has 11 nitrogen and oxygen atoms in total. The second kappa shape index (κ2) is 9.11. The summed E-state index contributed by atoms with van der Waals surface area (Å²) in [5, 5.41) is 18.3. The summed E-state index contributed by atoms with van der Waals surface area (Å²) in [4.78, 5) is 37.1. The maximum Gasteiger partial charge on any atom is 0.324 e. The lowest BCUT2D eigenvalue weighted by molar-refractivity contribution is -0.380. The predicted molar refractivity (Wildman–Crippen MR) is 130 cm³/mol. The highest BCUT2D eigenvalue weighted by Gasteiger charge is 2.21.